The molecule has 90 valence electrons. The summed E-state index contributed by atoms with van der Waals surface area (Å²) in [5, 5.41) is 17.3. The predicted octanol–water partition coefficient (Wildman–Crippen LogP) is 0.738. The first-order valence-electron chi connectivity index (χ1n) is 4.07. The number of nitrogens with two attached hydrogens (primary N) is 1. The Labute approximate surface area is 97.1 Å². The molecule has 16 heavy (non-hydrogen) atoms. The quantitative estimate of drug-likeness (QED) is 0.739. The molecule has 0 saturated carbocycles. The summed E-state index contributed by atoms with van der Waals surface area (Å²) >= 11 is 0. The number of benzene rings is 1. The van der Waals surface area contributed by atoms with Crippen molar-refractivity contribution in [2.45, 2.75) is 12.5 Å². The molecule has 0 saturated heterocycles. The van der Waals surface area contributed by atoms with Gasteiger partial charge in [-0.3, -0.25) is 4.79 Å². The minimum atomic E-state index is -1.38. The molecule has 0 aromatic heterocycles. The van der Waals surface area contributed by atoms with Gasteiger partial charge in [-0.05, 0) is 0 Å². The predicted molar refractivity (Wildman–Crippen MR) is 57.7 cm³/mol. The molecule has 0 aliphatic heterocycles. The Hall–Kier alpha value is -1.34. The van der Waals surface area contributed by atoms with Gasteiger partial charge in [-0.2, -0.15) is 13.5 Å². The standard InChI is InChI=1S/C9H9F2NO3.H2S/c10-6-1-4(13)2-7(11)5(6)3-8(12)9(14)15;/h1-2,8,13H,3,12H2,(H,14,15);1H2. The van der Waals surface area contributed by atoms with E-state index in [0.717, 1.165) is 0 Å². The number of carboxylic acid groups (broad SMARTS) is 1. The molecule has 7 heteroatoms. The van der Waals surface area contributed by atoms with Gasteiger partial charge in [-0.15, -0.1) is 0 Å². The Kier molecular flexibility index (Phi) is 5.19. The molecule has 0 fully saturated rings. The third-order valence-corrected chi connectivity index (χ3v) is 1.87. The lowest BCUT2D eigenvalue weighted by Crippen LogP contribution is -2.32. The minimum Gasteiger partial charge on any atom is -0.508 e. The highest BCUT2D eigenvalue weighted by atomic mass is 32.1. The highest BCUT2D eigenvalue weighted by molar-refractivity contribution is 7.59. The van der Waals surface area contributed by atoms with E-state index >= 15 is 0 Å². The number of carboxylic acids is 1. The lowest BCUT2D eigenvalue weighted by Gasteiger charge is -2.08. The van der Waals surface area contributed by atoms with Crippen molar-refractivity contribution in [2.75, 3.05) is 0 Å². The third kappa shape index (κ3) is 3.35. The van der Waals surface area contributed by atoms with Crippen LogP contribution in [0, 0.1) is 11.6 Å². The SMILES string of the molecule is NC(Cc1c(F)cc(O)cc1F)C(=O)O.S. The van der Waals surface area contributed by atoms with Gasteiger partial charge in [0.1, 0.15) is 23.4 Å². The molecule has 0 bridgehead atoms. The molecule has 1 aromatic carbocycles. The zero-order valence-corrected chi connectivity index (χ0v) is 9.08. The molecule has 4 nitrogen and oxygen atoms in total. The van der Waals surface area contributed by atoms with Gasteiger partial charge in [0.25, 0.3) is 0 Å². The lowest BCUT2D eigenvalue weighted by molar-refractivity contribution is -0.138. The Morgan fingerprint density at radius 3 is 2.19 bits per heavy atom. The summed E-state index contributed by atoms with van der Waals surface area (Å²) in [4.78, 5) is 10.4. The first-order valence-corrected chi connectivity index (χ1v) is 4.07. The van der Waals surface area contributed by atoms with Gasteiger partial charge in [0, 0.05) is 24.1 Å². The summed E-state index contributed by atoms with van der Waals surface area (Å²) < 4.78 is 26.2. The van der Waals surface area contributed by atoms with Crippen LogP contribution in [0.15, 0.2) is 12.1 Å². The fraction of sp³-hybridized carbons (Fsp3) is 0.222. The van der Waals surface area contributed by atoms with E-state index in [-0.39, 0.29) is 13.5 Å². The summed E-state index contributed by atoms with van der Waals surface area (Å²) in [5.41, 5.74) is 4.69. The van der Waals surface area contributed by atoms with E-state index in [4.69, 9.17) is 15.9 Å². The van der Waals surface area contributed by atoms with Crippen LogP contribution in [-0.4, -0.2) is 22.2 Å². The summed E-state index contributed by atoms with van der Waals surface area (Å²) in [6.45, 7) is 0. The lowest BCUT2D eigenvalue weighted by atomic mass is 10.1. The van der Waals surface area contributed by atoms with Gasteiger partial charge in [-0.1, -0.05) is 0 Å². The Balaban J connectivity index is 0.00000225. The van der Waals surface area contributed by atoms with Crippen molar-refractivity contribution in [1.29, 1.82) is 0 Å². The molecule has 4 N–H and O–H groups in total. The van der Waals surface area contributed by atoms with Crippen molar-refractivity contribution in [2.24, 2.45) is 5.73 Å². The smallest absolute Gasteiger partial charge is 0.320 e. The summed E-state index contributed by atoms with van der Waals surface area (Å²) in [7, 11) is 0. The summed E-state index contributed by atoms with van der Waals surface area (Å²) in [6, 6.07) is 0.0264. The van der Waals surface area contributed by atoms with E-state index < -0.39 is 41.4 Å². The molecule has 0 heterocycles. The number of hydrogen-bond donors (Lipinski definition) is 3. The fourth-order valence-corrected chi connectivity index (χ4v) is 1.09. The average molecular weight is 251 g/mol. The third-order valence-electron chi connectivity index (χ3n) is 1.87. The van der Waals surface area contributed by atoms with E-state index in [1.165, 1.54) is 0 Å². The molecule has 1 rings (SSSR count). The van der Waals surface area contributed by atoms with E-state index in [2.05, 4.69) is 0 Å². The van der Waals surface area contributed by atoms with E-state index in [0.29, 0.717) is 12.1 Å². The molecular formula is C9H11F2NO3S. The van der Waals surface area contributed by atoms with E-state index in [9.17, 15) is 13.6 Å². The van der Waals surface area contributed by atoms with Crippen LogP contribution < -0.4 is 5.73 Å². The fourth-order valence-electron chi connectivity index (χ4n) is 1.09. The van der Waals surface area contributed by atoms with Gasteiger partial charge in [-0.25, -0.2) is 8.78 Å². The van der Waals surface area contributed by atoms with Gasteiger partial charge in [0.05, 0.1) is 0 Å². The Morgan fingerprint density at radius 1 is 1.38 bits per heavy atom. The van der Waals surface area contributed by atoms with Crippen molar-refractivity contribution >= 4 is 19.5 Å². The van der Waals surface area contributed by atoms with Crippen LogP contribution in [0.3, 0.4) is 0 Å². The Morgan fingerprint density at radius 2 is 1.81 bits per heavy atom. The van der Waals surface area contributed by atoms with Gasteiger partial charge in [0.2, 0.25) is 0 Å². The van der Waals surface area contributed by atoms with Crippen LogP contribution in [0.2, 0.25) is 0 Å². The van der Waals surface area contributed by atoms with Gasteiger partial charge in [0.15, 0.2) is 0 Å². The van der Waals surface area contributed by atoms with Crippen LogP contribution in [0.25, 0.3) is 0 Å². The summed E-state index contributed by atoms with van der Waals surface area (Å²) in [5.74, 6) is -3.92. The van der Waals surface area contributed by atoms with Crippen LogP contribution in [-0.2, 0) is 11.2 Å². The van der Waals surface area contributed by atoms with Crippen molar-refractivity contribution in [3.8, 4) is 5.75 Å². The molecule has 0 amide bonds. The largest absolute Gasteiger partial charge is 0.508 e. The van der Waals surface area contributed by atoms with Gasteiger partial charge >= 0.3 is 5.97 Å². The van der Waals surface area contributed by atoms with Crippen LogP contribution in [0.5, 0.6) is 5.75 Å². The zero-order valence-electron chi connectivity index (χ0n) is 8.08. The van der Waals surface area contributed by atoms with E-state index in [1.807, 2.05) is 0 Å². The second kappa shape index (κ2) is 5.66. The zero-order chi connectivity index (χ0) is 11.6. The molecular weight excluding hydrogens is 240 g/mol. The normalized spacial score (nSPS) is 11.7. The molecule has 0 aliphatic rings. The average Bonchev–Trinajstić information content (AvgIpc) is 2.10. The molecule has 0 radical (unpaired) electrons. The number of aliphatic carboxylic acids is 1. The number of phenols is 1. The van der Waals surface area contributed by atoms with Crippen LogP contribution in [0.1, 0.15) is 5.56 Å². The van der Waals surface area contributed by atoms with Crippen LogP contribution >= 0.6 is 13.5 Å². The number of hydrogen-bond acceptors (Lipinski definition) is 3. The number of carbonyl (C=O) groups is 1. The maximum atomic E-state index is 13.1. The number of phenolic OH excluding ortho intramolecular Hbond substituents is 1. The monoisotopic (exact) mass is 251 g/mol. The molecule has 1 aromatic rings. The topological polar surface area (TPSA) is 83.5 Å². The van der Waals surface area contributed by atoms with Crippen molar-refractivity contribution in [1.82, 2.24) is 0 Å². The van der Waals surface area contributed by atoms with Crippen molar-refractivity contribution in [3.05, 3.63) is 29.3 Å². The molecule has 1 atom stereocenters. The number of aromatic hydroxyl groups is 1. The second-order valence-corrected chi connectivity index (χ2v) is 3.04. The maximum Gasteiger partial charge on any atom is 0.320 e. The Bertz CT molecular complexity index is 377. The van der Waals surface area contributed by atoms with Gasteiger partial charge < -0.3 is 15.9 Å². The van der Waals surface area contributed by atoms with Crippen molar-refractivity contribution < 1.29 is 23.8 Å². The second-order valence-electron chi connectivity index (χ2n) is 3.04. The first kappa shape index (κ1) is 14.7. The summed E-state index contributed by atoms with van der Waals surface area (Å²) in [6.07, 6.45) is -0.465. The highest BCUT2D eigenvalue weighted by Crippen LogP contribution is 2.20. The number of halogens is 2. The molecule has 1 unspecified atom stereocenters. The molecule has 0 spiro atoms. The first-order chi connectivity index (χ1) is 6.91. The highest BCUT2D eigenvalue weighted by Gasteiger charge is 2.18. The number of rotatable bonds is 3. The minimum absolute atomic E-state index is 0. The van der Waals surface area contributed by atoms with Crippen molar-refractivity contribution in [3.63, 3.8) is 0 Å². The van der Waals surface area contributed by atoms with Crippen LogP contribution in [0.4, 0.5) is 8.78 Å². The molecule has 0 aliphatic carbocycles. The van der Waals surface area contributed by atoms with E-state index in [1.54, 1.807) is 0 Å². The maximum absolute atomic E-state index is 13.1.